The van der Waals surface area contributed by atoms with Gasteiger partial charge in [-0.25, -0.2) is 10.2 Å². The number of rotatable bonds is 4. The van der Waals surface area contributed by atoms with Gasteiger partial charge in [-0.1, -0.05) is 12.1 Å². The summed E-state index contributed by atoms with van der Waals surface area (Å²) in [7, 11) is 2.89. The smallest absolute Gasteiger partial charge is 0.423 e. The van der Waals surface area contributed by atoms with E-state index in [9.17, 15) is 9.59 Å². The molecule has 0 aromatic heterocycles. The quantitative estimate of drug-likeness (QED) is 0.686. The normalized spacial score (nSPS) is 11.4. The van der Waals surface area contributed by atoms with Crippen molar-refractivity contribution in [2.45, 2.75) is 6.10 Å². The summed E-state index contributed by atoms with van der Waals surface area (Å²) < 4.78 is 10.0. The van der Waals surface area contributed by atoms with Crippen LogP contribution in [0.2, 0.25) is 0 Å². The largest absolute Gasteiger partial charge is 0.497 e. The number of benzene rings is 1. The molecule has 1 atom stereocenters. The summed E-state index contributed by atoms with van der Waals surface area (Å²) in [5.74, 6) is 0.0442. The Hall–Kier alpha value is -2.28. The van der Waals surface area contributed by atoms with Gasteiger partial charge in [0.15, 0.2) is 6.10 Å². The molecule has 1 aromatic rings. The molecule has 7 heteroatoms. The molecule has 7 nitrogen and oxygen atoms in total. The van der Waals surface area contributed by atoms with Crippen LogP contribution in [0.25, 0.3) is 0 Å². The Labute approximate surface area is 104 Å². The van der Waals surface area contributed by atoms with Gasteiger partial charge in [0.2, 0.25) is 0 Å². The third-order valence-electron chi connectivity index (χ3n) is 2.19. The maximum atomic E-state index is 11.6. The molecule has 1 unspecified atom stereocenters. The molecular formula is C11H14N2O5. The topological polar surface area (TPSA) is 96.9 Å². The first kappa shape index (κ1) is 13.8. The molecule has 0 fully saturated rings. The van der Waals surface area contributed by atoms with Gasteiger partial charge in [-0.15, -0.1) is 0 Å². The summed E-state index contributed by atoms with van der Waals surface area (Å²) in [6.07, 6.45) is -2.25. The molecule has 0 spiro atoms. The van der Waals surface area contributed by atoms with Gasteiger partial charge < -0.3 is 14.6 Å². The second kappa shape index (κ2) is 6.45. The van der Waals surface area contributed by atoms with Crippen LogP contribution in [0.1, 0.15) is 11.7 Å². The van der Waals surface area contributed by atoms with Crippen LogP contribution in [0.15, 0.2) is 24.3 Å². The van der Waals surface area contributed by atoms with E-state index in [1.165, 1.54) is 14.2 Å². The Bertz CT molecular complexity index is 418. The number of hydrogen-bond acceptors (Lipinski definition) is 4. The molecule has 3 N–H and O–H groups in total. The first-order valence-corrected chi connectivity index (χ1v) is 5.04. The number of hydrogen-bond donors (Lipinski definition) is 3. The highest BCUT2D eigenvalue weighted by atomic mass is 16.5. The number of carboxylic acid groups (broad SMARTS) is 1. The summed E-state index contributed by atoms with van der Waals surface area (Å²) in [6, 6.07) is 6.68. The van der Waals surface area contributed by atoms with E-state index < -0.39 is 18.1 Å². The van der Waals surface area contributed by atoms with E-state index in [-0.39, 0.29) is 0 Å². The Morgan fingerprint density at radius 3 is 2.22 bits per heavy atom. The summed E-state index contributed by atoms with van der Waals surface area (Å²) in [5, 5.41) is 8.37. The van der Waals surface area contributed by atoms with Gasteiger partial charge in [0.25, 0.3) is 5.91 Å². The number of carbonyl (C=O) groups is 2. The number of nitrogens with one attached hydrogen (secondary N) is 2. The van der Waals surface area contributed by atoms with E-state index in [1.807, 2.05) is 5.43 Å². The molecule has 0 saturated heterocycles. The van der Waals surface area contributed by atoms with E-state index >= 15 is 0 Å². The second-order valence-corrected chi connectivity index (χ2v) is 3.31. The molecule has 0 radical (unpaired) electrons. The van der Waals surface area contributed by atoms with Gasteiger partial charge in [0.1, 0.15) is 5.75 Å². The zero-order valence-corrected chi connectivity index (χ0v) is 9.97. The lowest BCUT2D eigenvalue weighted by atomic mass is 10.1. The van der Waals surface area contributed by atoms with Crippen molar-refractivity contribution >= 4 is 12.0 Å². The second-order valence-electron chi connectivity index (χ2n) is 3.31. The first-order valence-electron chi connectivity index (χ1n) is 5.04. The number of hydrazine groups is 1. The molecule has 0 aliphatic rings. The third kappa shape index (κ3) is 3.63. The van der Waals surface area contributed by atoms with E-state index in [4.69, 9.17) is 14.6 Å². The monoisotopic (exact) mass is 254 g/mol. The SMILES string of the molecule is COc1ccc(C(OC)C(=O)NNC(=O)O)cc1. The van der Waals surface area contributed by atoms with E-state index in [1.54, 1.807) is 29.7 Å². The average molecular weight is 254 g/mol. The van der Waals surface area contributed by atoms with Gasteiger partial charge in [-0.05, 0) is 17.7 Å². The van der Waals surface area contributed by atoms with E-state index in [2.05, 4.69) is 0 Å². The Morgan fingerprint density at radius 2 is 1.78 bits per heavy atom. The lowest BCUT2D eigenvalue weighted by Crippen LogP contribution is -2.43. The zero-order chi connectivity index (χ0) is 13.5. The van der Waals surface area contributed by atoms with Crippen LogP contribution in [0.3, 0.4) is 0 Å². The maximum absolute atomic E-state index is 11.6. The van der Waals surface area contributed by atoms with Crippen LogP contribution in [-0.4, -0.2) is 31.3 Å². The molecule has 18 heavy (non-hydrogen) atoms. The molecule has 1 aromatic carbocycles. The lowest BCUT2D eigenvalue weighted by Gasteiger charge is -2.15. The van der Waals surface area contributed by atoms with Crippen molar-refractivity contribution < 1.29 is 24.2 Å². The fraction of sp³-hybridized carbons (Fsp3) is 0.273. The molecule has 0 aliphatic carbocycles. The minimum atomic E-state index is -1.35. The maximum Gasteiger partial charge on any atom is 0.423 e. The minimum Gasteiger partial charge on any atom is -0.497 e. The summed E-state index contributed by atoms with van der Waals surface area (Å²) in [4.78, 5) is 21.9. The predicted octanol–water partition coefficient (Wildman–Crippen LogP) is 0.681. The number of ether oxygens (including phenoxy) is 2. The van der Waals surface area contributed by atoms with Crippen LogP contribution in [-0.2, 0) is 9.53 Å². The van der Waals surface area contributed by atoms with Crippen molar-refractivity contribution in [2.24, 2.45) is 0 Å². The lowest BCUT2D eigenvalue weighted by molar-refractivity contribution is -0.132. The van der Waals surface area contributed by atoms with Gasteiger partial charge >= 0.3 is 6.09 Å². The van der Waals surface area contributed by atoms with Gasteiger partial charge in [0.05, 0.1) is 7.11 Å². The molecule has 0 bridgehead atoms. The fourth-order valence-corrected chi connectivity index (χ4v) is 1.35. The molecule has 0 saturated carbocycles. The molecular weight excluding hydrogens is 240 g/mol. The Balaban J connectivity index is 2.74. The predicted molar refractivity (Wildman–Crippen MR) is 62.0 cm³/mol. The van der Waals surface area contributed by atoms with Crippen LogP contribution in [0, 0.1) is 0 Å². The van der Waals surface area contributed by atoms with Crippen LogP contribution in [0.5, 0.6) is 5.75 Å². The van der Waals surface area contributed by atoms with Crippen molar-refractivity contribution in [1.29, 1.82) is 0 Å². The van der Waals surface area contributed by atoms with Crippen molar-refractivity contribution in [2.75, 3.05) is 14.2 Å². The number of carbonyl (C=O) groups excluding carboxylic acids is 1. The van der Waals surface area contributed by atoms with Gasteiger partial charge in [-0.3, -0.25) is 10.2 Å². The summed E-state index contributed by atoms with van der Waals surface area (Å²) >= 11 is 0. The van der Waals surface area contributed by atoms with Gasteiger partial charge in [0, 0.05) is 7.11 Å². The van der Waals surface area contributed by atoms with Crippen molar-refractivity contribution in [3.8, 4) is 5.75 Å². The highest BCUT2D eigenvalue weighted by Gasteiger charge is 2.20. The number of methoxy groups -OCH3 is 2. The van der Waals surface area contributed by atoms with Crippen molar-refractivity contribution in [3.05, 3.63) is 29.8 Å². The van der Waals surface area contributed by atoms with Gasteiger partial charge in [-0.2, -0.15) is 0 Å². The van der Waals surface area contributed by atoms with Crippen molar-refractivity contribution in [3.63, 3.8) is 0 Å². The highest BCUT2D eigenvalue weighted by molar-refractivity contribution is 5.83. The molecule has 0 aliphatic heterocycles. The van der Waals surface area contributed by atoms with Crippen LogP contribution >= 0.6 is 0 Å². The molecule has 0 heterocycles. The minimum absolute atomic E-state index is 0.586. The van der Waals surface area contributed by atoms with E-state index in [0.717, 1.165) is 0 Å². The molecule has 2 amide bonds. The Kier molecular flexibility index (Phi) is 4.94. The van der Waals surface area contributed by atoms with Crippen LogP contribution < -0.4 is 15.6 Å². The number of amides is 2. The van der Waals surface area contributed by atoms with Crippen LogP contribution in [0.4, 0.5) is 4.79 Å². The van der Waals surface area contributed by atoms with E-state index in [0.29, 0.717) is 11.3 Å². The zero-order valence-electron chi connectivity index (χ0n) is 9.97. The third-order valence-corrected chi connectivity index (χ3v) is 2.19. The Morgan fingerprint density at radius 1 is 1.17 bits per heavy atom. The standard InChI is InChI=1S/C11H14N2O5/c1-17-8-5-3-7(4-6-8)9(18-2)10(14)12-13-11(15)16/h3-6,9,13H,1-2H3,(H,12,14)(H,15,16). The average Bonchev–Trinajstić information content (AvgIpc) is 2.38. The summed E-state index contributed by atoms with van der Waals surface area (Å²) in [6.45, 7) is 0. The summed E-state index contributed by atoms with van der Waals surface area (Å²) in [5.41, 5.74) is 4.37. The van der Waals surface area contributed by atoms with Crippen molar-refractivity contribution in [1.82, 2.24) is 10.9 Å². The molecule has 98 valence electrons. The first-order chi connectivity index (χ1) is 8.58. The highest BCUT2D eigenvalue weighted by Crippen LogP contribution is 2.20. The molecule has 1 rings (SSSR count). The fourth-order valence-electron chi connectivity index (χ4n) is 1.35.